The zero-order valence-corrected chi connectivity index (χ0v) is 10.8. The van der Waals surface area contributed by atoms with Crippen LogP contribution >= 0.6 is 0 Å². The van der Waals surface area contributed by atoms with Crippen LogP contribution in [0.1, 0.15) is 18.2 Å². The van der Waals surface area contributed by atoms with Gasteiger partial charge in [0.1, 0.15) is 5.69 Å². The molecule has 0 radical (unpaired) electrons. The van der Waals surface area contributed by atoms with Crippen LogP contribution in [0.2, 0.25) is 0 Å². The molecular formula is C14H11N5O. The molecule has 0 bridgehead atoms. The summed E-state index contributed by atoms with van der Waals surface area (Å²) < 4.78 is 1.61. The first-order chi connectivity index (χ1) is 9.69. The SMILES string of the molecule is CC(=O)NCc1cn(-c2ccc(C#CC#N)cc2)nn1. The number of nitrogens with one attached hydrogen (secondary N) is 1. The van der Waals surface area contributed by atoms with Gasteiger partial charge in [-0.05, 0) is 24.3 Å². The highest BCUT2D eigenvalue weighted by Crippen LogP contribution is 2.08. The summed E-state index contributed by atoms with van der Waals surface area (Å²) in [4.78, 5) is 10.8. The number of aromatic nitrogens is 3. The van der Waals surface area contributed by atoms with Gasteiger partial charge in [0.15, 0.2) is 6.07 Å². The Labute approximate surface area is 116 Å². The van der Waals surface area contributed by atoms with E-state index in [9.17, 15) is 4.79 Å². The average Bonchev–Trinajstić information content (AvgIpc) is 2.92. The van der Waals surface area contributed by atoms with E-state index in [1.807, 2.05) is 12.1 Å². The minimum Gasteiger partial charge on any atom is -0.351 e. The second-order valence-electron chi connectivity index (χ2n) is 3.97. The van der Waals surface area contributed by atoms with E-state index in [2.05, 4.69) is 27.5 Å². The largest absolute Gasteiger partial charge is 0.351 e. The third-order valence-electron chi connectivity index (χ3n) is 2.45. The van der Waals surface area contributed by atoms with Crippen LogP contribution in [0.4, 0.5) is 0 Å². The summed E-state index contributed by atoms with van der Waals surface area (Å²) >= 11 is 0. The summed E-state index contributed by atoms with van der Waals surface area (Å²) in [5, 5.41) is 19.0. The topological polar surface area (TPSA) is 83.6 Å². The minimum absolute atomic E-state index is 0.111. The van der Waals surface area contributed by atoms with Crippen LogP contribution in [0.25, 0.3) is 5.69 Å². The molecule has 6 nitrogen and oxygen atoms in total. The molecule has 2 aromatic rings. The van der Waals surface area contributed by atoms with E-state index in [1.54, 1.807) is 29.1 Å². The highest BCUT2D eigenvalue weighted by Gasteiger charge is 2.03. The van der Waals surface area contributed by atoms with E-state index in [4.69, 9.17) is 5.26 Å². The van der Waals surface area contributed by atoms with Gasteiger partial charge >= 0.3 is 0 Å². The molecule has 0 saturated carbocycles. The average molecular weight is 265 g/mol. The zero-order valence-electron chi connectivity index (χ0n) is 10.8. The maximum atomic E-state index is 10.8. The van der Waals surface area contributed by atoms with Crippen molar-refractivity contribution in [1.82, 2.24) is 20.3 Å². The van der Waals surface area contributed by atoms with Gasteiger partial charge < -0.3 is 5.32 Å². The Bertz CT molecular complexity index is 713. The summed E-state index contributed by atoms with van der Waals surface area (Å²) in [7, 11) is 0. The maximum Gasteiger partial charge on any atom is 0.217 e. The Balaban J connectivity index is 2.12. The van der Waals surface area contributed by atoms with E-state index in [0.717, 1.165) is 11.3 Å². The molecule has 20 heavy (non-hydrogen) atoms. The maximum absolute atomic E-state index is 10.8. The van der Waals surface area contributed by atoms with E-state index in [0.29, 0.717) is 12.2 Å². The number of rotatable bonds is 3. The molecule has 1 amide bonds. The summed E-state index contributed by atoms with van der Waals surface area (Å²) in [5.74, 6) is 4.93. The van der Waals surface area contributed by atoms with Gasteiger partial charge in [0.05, 0.1) is 18.4 Å². The van der Waals surface area contributed by atoms with Crippen molar-refractivity contribution in [2.75, 3.05) is 0 Å². The third-order valence-corrected chi connectivity index (χ3v) is 2.45. The van der Waals surface area contributed by atoms with Gasteiger partial charge in [-0.1, -0.05) is 11.1 Å². The lowest BCUT2D eigenvalue weighted by Crippen LogP contribution is -2.19. The molecule has 98 valence electrons. The summed E-state index contributed by atoms with van der Waals surface area (Å²) in [6, 6.07) is 9.03. The molecule has 0 fully saturated rings. The number of nitriles is 1. The zero-order chi connectivity index (χ0) is 14.4. The Morgan fingerprint density at radius 1 is 1.40 bits per heavy atom. The molecule has 0 spiro atoms. The van der Waals surface area contributed by atoms with E-state index in [-0.39, 0.29) is 5.91 Å². The number of hydrogen-bond acceptors (Lipinski definition) is 4. The van der Waals surface area contributed by atoms with Crippen LogP contribution < -0.4 is 5.32 Å². The fourth-order valence-corrected chi connectivity index (χ4v) is 1.52. The van der Waals surface area contributed by atoms with Gasteiger partial charge in [0.2, 0.25) is 5.91 Å². The Morgan fingerprint density at radius 2 is 2.15 bits per heavy atom. The second kappa shape index (κ2) is 6.17. The van der Waals surface area contributed by atoms with E-state index >= 15 is 0 Å². The van der Waals surface area contributed by atoms with Crippen molar-refractivity contribution < 1.29 is 4.79 Å². The quantitative estimate of drug-likeness (QED) is 0.831. The number of amides is 1. The van der Waals surface area contributed by atoms with Gasteiger partial charge in [-0.15, -0.1) is 5.10 Å². The fraction of sp³-hybridized carbons (Fsp3) is 0.143. The first-order valence-electron chi connectivity index (χ1n) is 5.85. The third kappa shape index (κ3) is 3.44. The molecular weight excluding hydrogens is 254 g/mol. The smallest absolute Gasteiger partial charge is 0.217 e. The number of nitrogens with zero attached hydrogens (tertiary/aromatic N) is 4. The van der Waals surface area contributed by atoms with Crippen LogP contribution in [0.15, 0.2) is 30.5 Å². The van der Waals surface area contributed by atoms with Crippen molar-refractivity contribution in [1.29, 1.82) is 5.26 Å². The summed E-state index contributed by atoms with van der Waals surface area (Å²) in [6.07, 6.45) is 1.74. The highest BCUT2D eigenvalue weighted by molar-refractivity contribution is 5.72. The standard InChI is InChI=1S/C14H11N5O/c1-11(20)16-9-13-10-19(18-17-13)14-6-4-12(5-7-14)3-2-8-15/h4-7,10H,9H2,1H3,(H,16,20). The lowest BCUT2D eigenvalue weighted by molar-refractivity contribution is -0.119. The molecule has 0 unspecified atom stereocenters. The van der Waals surface area contributed by atoms with Crippen molar-refractivity contribution in [3.05, 3.63) is 41.7 Å². The summed E-state index contributed by atoms with van der Waals surface area (Å²) in [6.45, 7) is 1.80. The van der Waals surface area contributed by atoms with Crippen LogP contribution in [0.3, 0.4) is 0 Å². The Kier molecular flexibility index (Phi) is 4.10. The molecule has 0 aliphatic heterocycles. The van der Waals surface area contributed by atoms with Crippen LogP contribution in [0.5, 0.6) is 0 Å². The van der Waals surface area contributed by atoms with Crippen LogP contribution in [0, 0.1) is 23.2 Å². The van der Waals surface area contributed by atoms with Gasteiger partial charge in [0, 0.05) is 18.4 Å². The number of benzene rings is 1. The van der Waals surface area contributed by atoms with Crippen molar-refractivity contribution in [2.45, 2.75) is 13.5 Å². The minimum atomic E-state index is -0.111. The van der Waals surface area contributed by atoms with Crippen molar-refractivity contribution in [3.63, 3.8) is 0 Å². The monoisotopic (exact) mass is 265 g/mol. The molecule has 6 heteroatoms. The highest BCUT2D eigenvalue weighted by atomic mass is 16.1. The Morgan fingerprint density at radius 3 is 2.80 bits per heavy atom. The number of carbonyl (C=O) groups is 1. The Hall–Kier alpha value is -3.12. The molecule has 0 aliphatic rings. The van der Waals surface area contributed by atoms with Crippen molar-refractivity contribution >= 4 is 5.91 Å². The second-order valence-corrected chi connectivity index (χ2v) is 3.97. The van der Waals surface area contributed by atoms with Gasteiger partial charge in [-0.3, -0.25) is 4.79 Å². The number of hydrogen-bond donors (Lipinski definition) is 1. The van der Waals surface area contributed by atoms with E-state index in [1.165, 1.54) is 6.92 Å². The lowest BCUT2D eigenvalue weighted by Gasteiger charge is -1.99. The van der Waals surface area contributed by atoms with Gasteiger partial charge in [-0.2, -0.15) is 5.26 Å². The summed E-state index contributed by atoms with van der Waals surface area (Å²) in [5.41, 5.74) is 2.26. The van der Waals surface area contributed by atoms with Gasteiger partial charge in [0.25, 0.3) is 0 Å². The normalized spacial score (nSPS) is 9.20. The number of carbonyl (C=O) groups excluding carboxylic acids is 1. The lowest BCUT2D eigenvalue weighted by atomic mass is 10.2. The van der Waals surface area contributed by atoms with Crippen LogP contribution in [-0.2, 0) is 11.3 Å². The fourth-order valence-electron chi connectivity index (χ4n) is 1.52. The first-order valence-corrected chi connectivity index (χ1v) is 5.85. The van der Waals surface area contributed by atoms with Crippen LogP contribution in [-0.4, -0.2) is 20.9 Å². The molecule has 0 aliphatic carbocycles. The molecule has 1 N–H and O–H groups in total. The molecule has 0 atom stereocenters. The molecule has 2 rings (SSSR count). The van der Waals surface area contributed by atoms with Gasteiger partial charge in [-0.25, -0.2) is 4.68 Å². The molecule has 1 heterocycles. The van der Waals surface area contributed by atoms with Crippen molar-refractivity contribution in [3.8, 4) is 23.6 Å². The first kappa shape index (κ1) is 13.3. The molecule has 0 saturated heterocycles. The predicted molar refractivity (Wildman–Crippen MR) is 71.4 cm³/mol. The molecule has 1 aromatic heterocycles. The van der Waals surface area contributed by atoms with E-state index < -0.39 is 0 Å². The predicted octanol–water partition coefficient (Wildman–Crippen LogP) is 0.778. The van der Waals surface area contributed by atoms with Crippen molar-refractivity contribution in [2.24, 2.45) is 0 Å². The molecule has 1 aromatic carbocycles.